The Morgan fingerprint density at radius 1 is 1.15 bits per heavy atom. The number of carbonyl (C=O) groups is 1. The van der Waals surface area contributed by atoms with Gasteiger partial charge in [-0.3, -0.25) is 4.79 Å². The van der Waals surface area contributed by atoms with Crippen LogP contribution in [0, 0.1) is 0 Å². The van der Waals surface area contributed by atoms with Gasteiger partial charge in [0.1, 0.15) is 19.0 Å². The zero-order chi connectivity index (χ0) is 23.8. The van der Waals surface area contributed by atoms with Crippen LogP contribution in [0.15, 0.2) is 41.3 Å². The molecule has 2 heterocycles. The van der Waals surface area contributed by atoms with Gasteiger partial charge in [0.15, 0.2) is 11.5 Å². The van der Waals surface area contributed by atoms with Gasteiger partial charge in [0, 0.05) is 34.0 Å². The minimum absolute atomic E-state index is 0.0969. The molecule has 0 aliphatic carbocycles. The number of carbonyl (C=O) groups excluding carboxylic acids is 1. The van der Waals surface area contributed by atoms with Crippen LogP contribution in [0.25, 0.3) is 11.0 Å². The molecule has 2 aromatic carbocycles. The maximum Gasteiger partial charge on any atom is 0.242 e. The fourth-order valence-electron chi connectivity index (χ4n) is 3.78. The van der Waals surface area contributed by atoms with E-state index in [0.29, 0.717) is 42.5 Å². The molecule has 1 aliphatic rings. The Bertz CT molecular complexity index is 1300. The van der Waals surface area contributed by atoms with Crippen molar-refractivity contribution in [2.45, 2.75) is 30.7 Å². The first-order chi connectivity index (χ1) is 15.7. The Morgan fingerprint density at radius 2 is 1.88 bits per heavy atom. The summed E-state index contributed by atoms with van der Waals surface area (Å²) in [4.78, 5) is 17.4. The first-order valence-electron chi connectivity index (χ1n) is 10.7. The zero-order valence-corrected chi connectivity index (χ0v) is 20.0. The number of rotatable bonds is 7. The highest BCUT2D eigenvalue weighted by Gasteiger charge is 2.20. The lowest BCUT2D eigenvalue weighted by Crippen LogP contribution is -2.27. The van der Waals surface area contributed by atoms with Crippen molar-refractivity contribution in [1.29, 1.82) is 0 Å². The monoisotopic (exact) mass is 472 g/mol. The molecule has 0 spiro atoms. The van der Waals surface area contributed by atoms with Gasteiger partial charge in [-0.05, 0) is 42.8 Å². The highest BCUT2D eigenvalue weighted by molar-refractivity contribution is 7.89. The van der Waals surface area contributed by atoms with E-state index in [0.717, 1.165) is 11.1 Å². The standard InChI is InChI=1S/C23H28N4O5S/c1-15(16-5-8-20-21(13-16)32-12-11-31-20)24-23(28)10-9-22-25-18-14-17(33(29,30)26(2)3)6-7-19(18)27(22)4/h5-8,13-15H,9-12H2,1-4H3,(H,24,28)/t15-/m0/s1. The summed E-state index contributed by atoms with van der Waals surface area (Å²) in [5.41, 5.74) is 2.33. The van der Waals surface area contributed by atoms with E-state index in [1.165, 1.54) is 18.4 Å². The second kappa shape index (κ2) is 9.03. The predicted octanol–water partition coefficient (Wildman–Crippen LogP) is 2.40. The third-order valence-electron chi connectivity index (χ3n) is 5.74. The number of nitrogens with one attached hydrogen (secondary N) is 1. The molecule has 0 fully saturated rings. The SMILES string of the molecule is C[C@H](NC(=O)CCc1nc2cc(S(=O)(=O)N(C)C)ccc2n1C)c1ccc2c(c1)OCCO2. The fraction of sp³-hybridized carbons (Fsp3) is 0.391. The number of hydrogen-bond acceptors (Lipinski definition) is 6. The number of aromatic nitrogens is 2. The average molecular weight is 473 g/mol. The lowest BCUT2D eigenvalue weighted by molar-refractivity contribution is -0.121. The van der Waals surface area contributed by atoms with E-state index in [9.17, 15) is 13.2 Å². The number of sulfonamides is 1. The van der Waals surface area contributed by atoms with Crippen molar-refractivity contribution in [3.8, 4) is 11.5 Å². The summed E-state index contributed by atoms with van der Waals surface area (Å²) < 4.78 is 39.0. The van der Waals surface area contributed by atoms with E-state index in [1.54, 1.807) is 18.2 Å². The zero-order valence-electron chi connectivity index (χ0n) is 19.2. The smallest absolute Gasteiger partial charge is 0.242 e. The van der Waals surface area contributed by atoms with Crippen molar-refractivity contribution in [3.05, 3.63) is 47.8 Å². The normalized spacial score (nSPS) is 14.5. The van der Waals surface area contributed by atoms with E-state index >= 15 is 0 Å². The van der Waals surface area contributed by atoms with Gasteiger partial charge >= 0.3 is 0 Å². The van der Waals surface area contributed by atoms with Gasteiger partial charge in [0.2, 0.25) is 15.9 Å². The molecule has 1 amide bonds. The summed E-state index contributed by atoms with van der Waals surface area (Å²) in [6.07, 6.45) is 0.690. The molecule has 176 valence electrons. The number of fused-ring (bicyclic) bond motifs is 2. The van der Waals surface area contributed by atoms with Gasteiger partial charge in [-0.2, -0.15) is 0 Å². The molecule has 0 unspecified atom stereocenters. The molecule has 9 nitrogen and oxygen atoms in total. The molecule has 0 saturated heterocycles. The number of nitrogens with zero attached hydrogens (tertiary/aromatic N) is 3. The molecule has 1 aromatic heterocycles. The summed E-state index contributed by atoms with van der Waals surface area (Å²) in [6, 6.07) is 10.4. The van der Waals surface area contributed by atoms with Crippen LogP contribution < -0.4 is 14.8 Å². The van der Waals surface area contributed by atoms with Crippen LogP contribution in [0.4, 0.5) is 0 Å². The molecule has 1 atom stereocenters. The number of amides is 1. The lowest BCUT2D eigenvalue weighted by atomic mass is 10.1. The molecule has 3 aromatic rings. The van der Waals surface area contributed by atoms with Crippen LogP contribution in [-0.4, -0.2) is 55.5 Å². The van der Waals surface area contributed by atoms with Gasteiger partial charge in [-0.1, -0.05) is 6.07 Å². The van der Waals surface area contributed by atoms with Gasteiger partial charge < -0.3 is 19.4 Å². The van der Waals surface area contributed by atoms with Gasteiger partial charge in [0.05, 0.1) is 22.0 Å². The lowest BCUT2D eigenvalue weighted by Gasteiger charge is -2.21. The molecule has 1 N–H and O–H groups in total. The topological polar surface area (TPSA) is 103 Å². The first-order valence-corrected chi connectivity index (χ1v) is 12.2. The Balaban J connectivity index is 1.42. The second-order valence-corrected chi connectivity index (χ2v) is 10.4. The molecule has 33 heavy (non-hydrogen) atoms. The number of benzene rings is 2. The fourth-order valence-corrected chi connectivity index (χ4v) is 4.70. The Morgan fingerprint density at radius 3 is 2.61 bits per heavy atom. The second-order valence-electron chi connectivity index (χ2n) is 8.22. The molecule has 4 rings (SSSR count). The summed E-state index contributed by atoms with van der Waals surface area (Å²) in [5.74, 6) is 2.02. The molecular formula is C23H28N4O5S. The number of ether oxygens (including phenoxy) is 2. The van der Waals surface area contributed by atoms with Crippen molar-refractivity contribution in [2.75, 3.05) is 27.3 Å². The maximum atomic E-state index is 12.6. The highest BCUT2D eigenvalue weighted by atomic mass is 32.2. The molecule has 0 bridgehead atoms. The van der Waals surface area contributed by atoms with Crippen molar-refractivity contribution < 1.29 is 22.7 Å². The summed E-state index contributed by atoms with van der Waals surface area (Å²) in [6.45, 7) is 2.97. The first kappa shape index (κ1) is 23.1. The van der Waals surface area contributed by atoms with Crippen molar-refractivity contribution in [3.63, 3.8) is 0 Å². The molecule has 0 radical (unpaired) electrons. The number of imidazole rings is 1. The number of hydrogen-bond donors (Lipinski definition) is 1. The van der Waals surface area contributed by atoms with Gasteiger partial charge in [-0.25, -0.2) is 17.7 Å². The summed E-state index contributed by atoms with van der Waals surface area (Å²) in [7, 11) is 1.31. The largest absolute Gasteiger partial charge is 0.486 e. The van der Waals surface area contributed by atoms with Crippen LogP contribution >= 0.6 is 0 Å². The minimum Gasteiger partial charge on any atom is -0.486 e. The Hall–Kier alpha value is -3.11. The van der Waals surface area contributed by atoms with Gasteiger partial charge in [0.25, 0.3) is 0 Å². The van der Waals surface area contributed by atoms with Crippen LogP contribution in [-0.2, 0) is 28.3 Å². The van der Waals surface area contributed by atoms with E-state index in [4.69, 9.17) is 9.47 Å². The Labute approximate surface area is 193 Å². The quantitative estimate of drug-likeness (QED) is 0.567. The summed E-state index contributed by atoms with van der Waals surface area (Å²) >= 11 is 0. The minimum atomic E-state index is -3.54. The van der Waals surface area contributed by atoms with E-state index in [2.05, 4.69) is 10.3 Å². The molecular weight excluding hydrogens is 444 g/mol. The van der Waals surface area contributed by atoms with Crippen molar-refractivity contribution in [2.24, 2.45) is 7.05 Å². The predicted molar refractivity (Wildman–Crippen MR) is 124 cm³/mol. The van der Waals surface area contributed by atoms with E-state index in [-0.39, 0.29) is 23.3 Å². The summed E-state index contributed by atoms with van der Waals surface area (Å²) in [5, 5.41) is 3.01. The molecule has 10 heteroatoms. The average Bonchev–Trinajstić information content (AvgIpc) is 3.12. The van der Waals surface area contributed by atoms with Crippen molar-refractivity contribution in [1.82, 2.24) is 19.2 Å². The van der Waals surface area contributed by atoms with Crippen LogP contribution in [0.1, 0.15) is 30.8 Å². The third kappa shape index (κ3) is 4.67. The van der Waals surface area contributed by atoms with Crippen LogP contribution in [0.2, 0.25) is 0 Å². The van der Waals surface area contributed by atoms with E-state index < -0.39 is 10.0 Å². The maximum absolute atomic E-state index is 12.6. The molecule has 1 aliphatic heterocycles. The van der Waals surface area contributed by atoms with Crippen LogP contribution in [0.5, 0.6) is 11.5 Å². The van der Waals surface area contributed by atoms with Crippen molar-refractivity contribution >= 4 is 27.0 Å². The van der Waals surface area contributed by atoms with E-state index in [1.807, 2.05) is 36.7 Å². The number of aryl methyl sites for hydroxylation is 2. The Kier molecular flexibility index (Phi) is 6.31. The molecule has 0 saturated carbocycles. The van der Waals surface area contributed by atoms with Crippen LogP contribution in [0.3, 0.4) is 0 Å². The third-order valence-corrected chi connectivity index (χ3v) is 7.55. The van der Waals surface area contributed by atoms with Gasteiger partial charge in [-0.15, -0.1) is 0 Å². The highest BCUT2D eigenvalue weighted by Crippen LogP contribution is 2.32.